The molecule has 1 atom stereocenters. The highest BCUT2D eigenvalue weighted by molar-refractivity contribution is 8.15. The van der Waals surface area contributed by atoms with Crippen molar-refractivity contribution in [3.8, 4) is 17.4 Å². The number of likely N-dealkylation sites (N-methyl/N-ethyl adjacent to an activating group) is 1. The third kappa shape index (κ3) is 6.36. The second kappa shape index (κ2) is 10.5. The van der Waals surface area contributed by atoms with Crippen LogP contribution in [0.15, 0.2) is 60.8 Å². The van der Waals surface area contributed by atoms with Gasteiger partial charge in [0, 0.05) is 24.3 Å². The summed E-state index contributed by atoms with van der Waals surface area (Å²) in [6.45, 7) is 0.990. The van der Waals surface area contributed by atoms with Crippen LogP contribution in [-0.2, 0) is 11.2 Å². The Morgan fingerprint density at radius 3 is 2.48 bits per heavy atom. The van der Waals surface area contributed by atoms with E-state index in [-0.39, 0.29) is 16.4 Å². The average Bonchev–Trinajstić information content (AvgIpc) is 3.13. The van der Waals surface area contributed by atoms with E-state index in [2.05, 4.69) is 15.3 Å². The Balaban J connectivity index is 1.26. The van der Waals surface area contributed by atoms with Crippen LogP contribution in [0.1, 0.15) is 5.56 Å². The Labute approximate surface area is 200 Å². The number of carbonyl (C=O) groups is 2. The van der Waals surface area contributed by atoms with Crippen LogP contribution in [0, 0.1) is 0 Å². The molecule has 33 heavy (non-hydrogen) atoms. The van der Waals surface area contributed by atoms with E-state index in [1.54, 1.807) is 36.5 Å². The SMILES string of the molecule is CN(CCOc1ccc(CC2SC(=O)NC2=O)cc1)c1nccc(Oc2ccc(Cl)cc2)n1. The molecule has 1 unspecified atom stereocenters. The van der Waals surface area contributed by atoms with Gasteiger partial charge in [-0.2, -0.15) is 4.98 Å². The maximum Gasteiger partial charge on any atom is 0.286 e. The largest absolute Gasteiger partial charge is 0.492 e. The van der Waals surface area contributed by atoms with Gasteiger partial charge < -0.3 is 14.4 Å². The molecule has 2 amide bonds. The Kier molecular flexibility index (Phi) is 7.31. The minimum Gasteiger partial charge on any atom is -0.492 e. The van der Waals surface area contributed by atoms with Gasteiger partial charge in [0.2, 0.25) is 17.7 Å². The number of amides is 2. The van der Waals surface area contributed by atoms with Gasteiger partial charge in [0.05, 0.1) is 11.8 Å². The van der Waals surface area contributed by atoms with Gasteiger partial charge in [-0.3, -0.25) is 14.9 Å². The third-order valence-corrected chi connectivity index (χ3v) is 6.04. The number of ether oxygens (including phenoxy) is 2. The van der Waals surface area contributed by atoms with Crippen LogP contribution in [0.4, 0.5) is 10.7 Å². The monoisotopic (exact) mass is 484 g/mol. The second-order valence-corrected chi connectivity index (χ2v) is 8.86. The number of nitrogens with zero attached hydrogens (tertiary/aromatic N) is 3. The smallest absolute Gasteiger partial charge is 0.286 e. The molecule has 0 radical (unpaired) electrons. The summed E-state index contributed by atoms with van der Waals surface area (Å²) >= 11 is 6.93. The van der Waals surface area contributed by atoms with E-state index in [1.807, 2.05) is 36.2 Å². The number of hydrogen-bond donors (Lipinski definition) is 1. The number of nitrogens with one attached hydrogen (secondary N) is 1. The lowest BCUT2D eigenvalue weighted by atomic mass is 10.1. The van der Waals surface area contributed by atoms with Crippen LogP contribution in [0.5, 0.6) is 17.4 Å². The lowest BCUT2D eigenvalue weighted by molar-refractivity contribution is -0.118. The number of benzene rings is 2. The molecule has 8 nitrogen and oxygen atoms in total. The summed E-state index contributed by atoms with van der Waals surface area (Å²) in [5.41, 5.74) is 0.965. The van der Waals surface area contributed by atoms with Gasteiger partial charge in [0.15, 0.2) is 0 Å². The molecule has 1 aromatic heterocycles. The first kappa shape index (κ1) is 22.9. The van der Waals surface area contributed by atoms with Crippen molar-refractivity contribution in [3.05, 3.63) is 71.4 Å². The number of imide groups is 1. The van der Waals surface area contributed by atoms with Gasteiger partial charge in [-0.05, 0) is 48.4 Å². The summed E-state index contributed by atoms with van der Waals surface area (Å²) in [7, 11) is 1.87. The lowest BCUT2D eigenvalue weighted by Gasteiger charge is -2.18. The highest BCUT2D eigenvalue weighted by Crippen LogP contribution is 2.24. The molecule has 0 spiro atoms. The standard InChI is InChI=1S/C23H21ClN4O4S/c1-28(22-25-11-10-20(26-22)32-18-8-4-16(24)5-9-18)12-13-31-17-6-2-15(3-7-17)14-19-21(29)27-23(30)33-19/h2-11,19H,12-14H2,1H3,(H,27,29,30). The minimum atomic E-state index is -0.377. The minimum absolute atomic E-state index is 0.238. The number of halogens is 1. The fraction of sp³-hybridized carbons (Fsp3) is 0.217. The summed E-state index contributed by atoms with van der Waals surface area (Å²) in [6, 6.07) is 16.2. The quantitative estimate of drug-likeness (QED) is 0.479. The molecule has 170 valence electrons. The van der Waals surface area contributed by atoms with Crippen LogP contribution < -0.4 is 19.7 Å². The molecule has 10 heteroatoms. The molecule has 3 aromatic rings. The first-order chi connectivity index (χ1) is 16.0. The number of anilines is 1. The highest BCUT2D eigenvalue weighted by Gasteiger charge is 2.31. The third-order valence-electron chi connectivity index (χ3n) is 4.80. The zero-order valence-corrected chi connectivity index (χ0v) is 19.3. The van der Waals surface area contributed by atoms with Crippen molar-refractivity contribution in [1.82, 2.24) is 15.3 Å². The van der Waals surface area contributed by atoms with Crippen LogP contribution in [0.25, 0.3) is 0 Å². The summed E-state index contributed by atoms with van der Waals surface area (Å²) in [5, 5.41) is 2.27. The first-order valence-electron chi connectivity index (χ1n) is 10.2. The van der Waals surface area contributed by atoms with E-state index >= 15 is 0 Å². The summed E-state index contributed by atoms with van der Waals surface area (Å²) < 4.78 is 11.6. The van der Waals surface area contributed by atoms with Crippen molar-refractivity contribution < 1.29 is 19.1 Å². The number of aromatic nitrogens is 2. The van der Waals surface area contributed by atoms with Crippen molar-refractivity contribution in [2.45, 2.75) is 11.7 Å². The van der Waals surface area contributed by atoms with Gasteiger partial charge in [-0.1, -0.05) is 35.5 Å². The van der Waals surface area contributed by atoms with Crippen molar-refractivity contribution >= 4 is 40.5 Å². The molecule has 2 heterocycles. The average molecular weight is 485 g/mol. The van der Waals surface area contributed by atoms with Gasteiger partial charge in [0.1, 0.15) is 18.1 Å². The molecular formula is C23H21ClN4O4S. The van der Waals surface area contributed by atoms with Crippen LogP contribution >= 0.6 is 23.4 Å². The topological polar surface area (TPSA) is 93.7 Å². The van der Waals surface area contributed by atoms with E-state index in [1.165, 1.54) is 0 Å². The maximum absolute atomic E-state index is 11.7. The number of carbonyl (C=O) groups excluding carboxylic acids is 2. The van der Waals surface area contributed by atoms with Gasteiger partial charge in [-0.15, -0.1) is 0 Å². The fourth-order valence-electron chi connectivity index (χ4n) is 3.06. The Morgan fingerprint density at radius 1 is 1.06 bits per heavy atom. The second-order valence-electron chi connectivity index (χ2n) is 7.25. The molecule has 1 N–H and O–H groups in total. The molecule has 1 aliphatic heterocycles. The van der Waals surface area contributed by atoms with E-state index in [4.69, 9.17) is 21.1 Å². The fourth-order valence-corrected chi connectivity index (χ4v) is 4.05. The molecule has 4 rings (SSSR count). The molecule has 0 saturated carbocycles. The van der Waals surface area contributed by atoms with Crippen LogP contribution in [-0.4, -0.2) is 46.6 Å². The molecule has 2 aromatic carbocycles. The Morgan fingerprint density at radius 2 is 1.79 bits per heavy atom. The first-order valence-corrected chi connectivity index (χ1v) is 11.4. The van der Waals surface area contributed by atoms with Crippen molar-refractivity contribution in [2.75, 3.05) is 25.1 Å². The van der Waals surface area contributed by atoms with Crippen molar-refractivity contribution in [3.63, 3.8) is 0 Å². The number of hydrogen-bond acceptors (Lipinski definition) is 8. The zero-order valence-electron chi connectivity index (χ0n) is 17.7. The highest BCUT2D eigenvalue weighted by atomic mass is 35.5. The number of thioether (sulfide) groups is 1. The van der Waals surface area contributed by atoms with E-state index in [9.17, 15) is 9.59 Å². The summed E-state index contributed by atoms with van der Waals surface area (Å²) in [5.74, 6) is 2.06. The molecular weight excluding hydrogens is 464 g/mol. The molecule has 0 bridgehead atoms. The maximum atomic E-state index is 11.7. The summed E-state index contributed by atoms with van der Waals surface area (Å²) in [4.78, 5) is 33.6. The summed E-state index contributed by atoms with van der Waals surface area (Å²) in [6.07, 6.45) is 2.14. The normalized spacial score (nSPS) is 15.3. The molecule has 0 aliphatic carbocycles. The van der Waals surface area contributed by atoms with Crippen LogP contribution in [0.3, 0.4) is 0 Å². The van der Waals surface area contributed by atoms with Crippen LogP contribution in [0.2, 0.25) is 5.02 Å². The molecule has 1 saturated heterocycles. The van der Waals surface area contributed by atoms with E-state index in [0.717, 1.165) is 17.3 Å². The Bertz CT molecular complexity index is 1130. The van der Waals surface area contributed by atoms with Gasteiger partial charge >= 0.3 is 0 Å². The predicted molar refractivity (Wildman–Crippen MR) is 127 cm³/mol. The van der Waals surface area contributed by atoms with Gasteiger partial charge in [0.25, 0.3) is 5.24 Å². The van der Waals surface area contributed by atoms with E-state index < -0.39 is 0 Å². The van der Waals surface area contributed by atoms with Crippen molar-refractivity contribution in [2.24, 2.45) is 0 Å². The predicted octanol–water partition coefficient (Wildman–Crippen LogP) is 4.33. The zero-order chi connectivity index (χ0) is 23.2. The van der Waals surface area contributed by atoms with E-state index in [0.29, 0.717) is 47.9 Å². The lowest BCUT2D eigenvalue weighted by Crippen LogP contribution is -2.25. The number of rotatable bonds is 9. The van der Waals surface area contributed by atoms with Gasteiger partial charge in [-0.25, -0.2) is 4.98 Å². The Hall–Kier alpha value is -3.30. The molecule has 1 fully saturated rings. The molecule has 1 aliphatic rings. The van der Waals surface area contributed by atoms with Crippen molar-refractivity contribution in [1.29, 1.82) is 0 Å².